The summed E-state index contributed by atoms with van der Waals surface area (Å²) < 4.78 is 6.46. The van der Waals surface area contributed by atoms with Gasteiger partial charge in [0.05, 0.1) is 24.9 Å². The van der Waals surface area contributed by atoms with E-state index in [1.54, 1.807) is 13.2 Å². The minimum absolute atomic E-state index is 0.157. The summed E-state index contributed by atoms with van der Waals surface area (Å²) in [5.41, 5.74) is 10.8. The molecule has 5 nitrogen and oxygen atoms in total. The molecule has 5 heteroatoms. The van der Waals surface area contributed by atoms with Gasteiger partial charge in [-0.25, -0.2) is 4.68 Å². The summed E-state index contributed by atoms with van der Waals surface area (Å²) in [4.78, 5) is 12.6. The molecule has 0 radical (unpaired) electrons. The highest BCUT2D eigenvalue weighted by atomic mass is 16.5. The van der Waals surface area contributed by atoms with E-state index in [2.05, 4.69) is 11.2 Å². The zero-order chi connectivity index (χ0) is 16.3. The molecule has 0 fully saturated rings. The highest BCUT2D eigenvalue weighted by molar-refractivity contribution is 5.38. The predicted octanol–water partition coefficient (Wildman–Crippen LogP) is 1.86. The van der Waals surface area contributed by atoms with E-state index in [1.807, 2.05) is 32.9 Å². The first-order valence-electron chi connectivity index (χ1n) is 7.34. The molecule has 1 unspecified atom stereocenters. The van der Waals surface area contributed by atoms with Crippen LogP contribution in [0.1, 0.15) is 34.0 Å². The average molecular weight is 301 g/mol. The number of aryl methyl sites for hydroxylation is 3. The first-order valence-corrected chi connectivity index (χ1v) is 7.34. The number of aromatic nitrogens is 2. The Labute approximate surface area is 130 Å². The Morgan fingerprint density at radius 2 is 1.95 bits per heavy atom. The highest BCUT2D eigenvalue weighted by Crippen LogP contribution is 2.21. The summed E-state index contributed by atoms with van der Waals surface area (Å²) in [5.74, 6) is 0. The number of hydrogen-bond donors (Lipinski definition) is 1. The molecule has 0 saturated carbocycles. The third kappa shape index (κ3) is 3.43. The van der Waals surface area contributed by atoms with Crippen molar-refractivity contribution in [2.45, 2.75) is 33.4 Å². The summed E-state index contributed by atoms with van der Waals surface area (Å²) in [6.45, 7) is 6.77. The lowest BCUT2D eigenvalue weighted by Crippen LogP contribution is -2.32. The molecule has 118 valence electrons. The number of methoxy groups -OCH3 is 1. The van der Waals surface area contributed by atoms with Crippen molar-refractivity contribution in [2.24, 2.45) is 5.73 Å². The van der Waals surface area contributed by atoms with Crippen molar-refractivity contribution in [2.75, 3.05) is 13.7 Å². The Bertz CT molecular complexity index is 722. The van der Waals surface area contributed by atoms with E-state index in [1.165, 1.54) is 10.2 Å². The normalized spacial score (nSPS) is 12.4. The molecule has 0 amide bonds. The van der Waals surface area contributed by atoms with Gasteiger partial charge in [-0.1, -0.05) is 23.8 Å². The van der Waals surface area contributed by atoms with Crippen LogP contribution < -0.4 is 11.3 Å². The zero-order valence-electron chi connectivity index (χ0n) is 13.6. The van der Waals surface area contributed by atoms with Crippen molar-refractivity contribution < 1.29 is 4.74 Å². The second-order valence-electron chi connectivity index (χ2n) is 5.60. The topological polar surface area (TPSA) is 70.1 Å². The van der Waals surface area contributed by atoms with Gasteiger partial charge in [0.15, 0.2) is 0 Å². The number of nitrogens with zero attached hydrogens (tertiary/aromatic N) is 2. The van der Waals surface area contributed by atoms with Gasteiger partial charge in [0, 0.05) is 12.7 Å². The van der Waals surface area contributed by atoms with Gasteiger partial charge in [-0.15, -0.1) is 0 Å². The van der Waals surface area contributed by atoms with Crippen LogP contribution in [0.2, 0.25) is 0 Å². The fourth-order valence-corrected chi connectivity index (χ4v) is 2.59. The third-order valence-corrected chi connectivity index (χ3v) is 3.73. The van der Waals surface area contributed by atoms with Crippen molar-refractivity contribution in [1.29, 1.82) is 0 Å². The van der Waals surface area contributed by atoms with Crippen molar-refractivity contribution in [3.05, 3.63) is 62.6 Å². The summed E-state index contributed by atoms with van der Waals surface area (Å²) in [5, 5.41) is 4.25. The van der Waals surface area contributed by atoms with E-state index >= 15 is 0 Å². The predicted molar refractivity (Wildman–Crippen MR) is 87.1 cm³/mol. The van der Waals surface area contributed by atoms with Crippen LogP contribution in [-0.4, -0.2) is 23.5 Å². The van der Waals surface area contributed by atoms with Crippen molar-refractivity contribution in [3.63, 3.8) is 0 Å². The number of ether oxygens (including phenoxy) is 1. The fourth-order valence-electron chi connectivity index (χ4n) is 2.59. The van der Waals surface area contributed by atoms with Crippen molar-refractivity contribution >= 4 is 0 Å². The van der Waals surface area contributed by atoms with Crippen LogP contribution in [0.4, 0.5) is 0 Å². The van der Waals surface area contributed by atoms with Crippen molar-refractivity contribution in [3.8, 4) is 0 Å². The number of benzene rings is 1. The summed E-state index contributed by atoms with van der Waals surface area (Å²) >= 11 is 0. The van der Waals surface area contributed by atoms with E-state index in [4.69, 9.17) is 10.5 Å². The number of hydrogen-bond acceptors (Lipinski definition) is 4. The Kier molecular flexibility index (Phi) is 5.11. The molecule has 0 spiro atoms. The Morgan fingerprint density at radius 3 is 2.59 bits per heavy atom. The maximum absolute atomic E-state index is 12.6. The molecule has 1 aromatic carbocycles. The molecule has 1 atom stereocenters. The molecule has 0 aliphatic heterocycles. The van der Waals surface area contributed by atoms with Gasteiger partial charge in [-0.05, 0) is 38.0 Å². The molecular formula is C17H23N3O2. The third-order valence-electron chi connectivity index (χ3n) is 3.73. The molecule has 2 aromatic rings. The van der Waals surface area contributed by atoms with Gasteiger partial charge in [0.2, 0.25) is 0 Å². The molecule has 2 N–H and O–H groups in total. The van der Waals surface area contributed by atoms with E-state index in [0.29, 0.717) is 18.7 Å². The first-order chi connectivity index (χ1) is 10.4. The summed E-state index contributed by atoms with van der Waals surface area (Å²) in [6.07, 6.45) is 0. The van der Waals surface area contributed by atoms with E-state index < -0.39 is 6.04 Å². The van der Waals surface area contributed by atoms with E-state index in [0.717, 1.165) is 16.8 Å². The van der Waals surface area contributed by atoms with Gasteiger partial charge >= 0.3 is 0 Å². The second-order valence-corrected chi connectivity index (χ2v) is 5.60. The smallest absolute Gasteiger partial charge is 0.271 e. The minimum atomic E-state index is -0.455. The lowest BCUT2D eigenvalue weighted by Gasteiger charge is -2.17. The molecule has 1 heterocycles. The van der Waals surface area contributed by atoms with Crippen LogP contribution in [0.3, 0.4) is 0 Å². The van der Waals surface area contributed by atoms with Crippen LogP contribution in [0.25, 0.3) is 0 Å². The maximum Gasteiger partial charge on any atom is 0.271 e. The van der Waals surface area contributed by atoms with Gasteiger partial charge < -0.3 is 10.5 Å². The maximum atomic E-state index is 12.6. The van der Waals surface area contributed by atoms with Gasteiger partial charge in [-0.2, -0.15) is 5.10 Å². The molecule has 22 heavy (non-hydrogen) atoms. The molecule has 0 aliphatic carbocycles. The summed E-state index contributed by atoms with van der Waals surface area (Å²) in [6, 6.07) is 7.40. The monoisotopic (exact) mass is 301 g/mol. The van der Waals surface area contributed by atoms with Crippen molar-refractivity contribution in [1.82, 2.24) is 9.78 Å². The van der Waals surface area contributed by atoms with Gasteiger partial charge in [-0.3, -0.25) is 4.79 Å². The number of nitrogens with two attached hydrogens (primary N) is 1. The largest absolute Gasteiger partial charge is 0.383 e. The Balaban J connectivity index is 2.47. The van der Waals surface area contributed by atoms with Crippen LogP contribution >= 0.6 is 0 Å². The van der Waals surface area contributed by atoms with Crippen LogP contribution in [0, 0.1) is 20.8 Å². The van der Waals surface area contributed by atoms with Gasteiger partial charge in [0.25, 0.3) is 5.56 Å². The molecule has 2 rings (SSSR count). The molecule has 0 bridgehead atoms. The summed E-state index contributed by atoms with van der Waals surface area (Å²) in [7, 11) is 1.60. The van der Waals surface area contributed by atoms with Crippen LogP contribution in [0.5, 0.6) is 0 Å². The minimum Gasteiger partial charge on any atom is -0.383 e. The molecular weight excluding hydrogens is 278 g/mol. The highest BCUT2D eigenvalue weighted by Gasteiger charge is 2.17. The molecule has 0 saturated heterocycles. The van der Waals surface area contributed by atoms with Crippen LogP contribution in [0.15, 0.2) is 29.1 Å². The SMILES string of the molecule is COCCn1nc(C)cc(C(N)c2ccc(C)cc2C)c1=O. The Morgan fingerprint density at radius 1 is 1.23 bits per heavy atom. The molecule has 0 aliphatic rings. The van der Waals surface area contributed by atoms with E-state index in [-0.39, 0.29) is 5.56 Å². The van der Waals surface area contributed by atoms with E-state index in [9.17, 15) is 4.79 Å². The second kappa shape index (κ2) is 6.85. The zero-order valence-corrected chi connectivity index (χ0v) is 13.6. The Hall–Kier alpha value is -1.98. The van der Waals surface area contributed by atoms with Gasteiger partial charge in [0.1, 0.15) is 0 Å². The number of rotatable bonds is 5. The fraction of sp³-hybridized carbons (Fsp3) is 0.412. The standard InChI is InChI=1S/C17H23N3O2/c1-11-5-6-14(12(2)9-11)16(18)15-10-13(3)19-20(17(15)21)7-8-22-4/h5-6,9-10,16H,7-8,18H2,1-4H3. The van der Waals surface area contributed by atoms with Crippen LogP contribution in [-0.2, 0) is 11.3 Å². The lowest BCUT2D eigenvalue weighted by molar-refractivity contribution is 0.181. The molecule has 1 aromatic heterocycles. The first kappa shape index (κ1) is 16.4. The lowest BCUT2D eigenvalue weighted by atomic mass is 9.95. The average Bonchev–Trinajstić information content (AvgIpc) is 2.47. The quantitative estimate of drug-likeness (QED) is 0.915.